The van der Waals surface area contributed by atoms with Gasteiger partial charge in [-0.3, -0.25) is 0 Å². The van der Waals surface area contributed by atoms with E-state index in [2.05, 4.69) is 48.0 Å². The van der Waals surface area contributed by atoms with Gasteiger partial charge in [-0.05, 0) is 44.0 Å². The number of benzene rings is 1. The van der Waals surface area contributed by atoms with Crippen LogP contribution in [0.15, 0.2) is 48.9 Å². The molecule has 2 fully saturated rings. The van der Waals surface area contributed by atoms with Crippen molar-refractivity contribution in [2.75, 3.05) is 24.5 Å². The van der Waals surface area contributed by atoms with E-state index in [9.17, 15) is 0 Å². The monoisotopic (exact) mass is 284 g/mol. The number of anilines is 1. The molecule has 2 heterocycles. The van der Waals surface area contributed by atoms with Crippen LogP contribution in [0.5, 0.6) is 0 Å². The molecule has 3 nitrogen and oxygen atoms in total. The SMILES string of the molecule is C=CC=C1OC(C2CCCNC2)CN1c1ccccc1C. The number of nitrogens with zero attached hydrogens (tertiary/aromatic N) is 1. The Bertz CT molecular complexity index is 532. The van der Waals surface area contributed by atoms with Crippen molar-refractivity contribution in [1.29, 1.82) is 0 Å². The van der Waals surface area contributed by atoms with E-state index >= 15 is 0 Å². The summed E-state index contributed by atoms with van der Waals surface area (Å²) < 4.78 is 6.24. The summed E-state index contributed by atoms with van der Waals surface area (Å²) in [5.74, 6) is 1.52. The van der Waals surface area contributed by atoms with Gasteiger partial charge in [0, 0.05) is 18.2 Å². The van der Waals surface area contributed by atoms with Gasteiger partial charge in [-0.25, -0.2) is 0 Å². The molecule has 0 bridgehead atoms. The van der Waals surface area contributed by atoms with Crippen molar-refractivity contribution in [2.24, 2.45) is 5.92 Å². The first kappa shape index (κ1) is 14.2. The zero-order chi connectivity index (χ0) is 14.7. The van der Waals surface area contributed by atoms with Gasteiger partial charge in [-0.1, -0.05) is 30.9 Å². The fraction of sp³-hybridized carbons (Fsp3) is 0.444. The van der Waals surface area contributed by atoms with Crippen molar-refractivity contribution in [1.82, 2.24) is 5.32 Å². The highest BCUT2D eigenvalue weighted by Gasteiger charge is 2.35. The molecule has 2 unspecified atom stereocenters. The molecule has 3 rings (SSSR count). The maximum absolute atomic E-state index is 6.24. The summed E-state index contributed by atoms with van der Waals surface area (Å²) in [5.41, 5.74) is 2.51. The number of piperidine rings is 1. The van der Waals surface area contributed by atoms with E-state index in [-0.39, 0.29) is 6.10 Å². The lowest BCUT2D eigenvalue weighted by atomic mass is 9.93. The molecule has 2 saturated heterocycles. The zero-order valence-electron chi connectivity index (χ0n) is 12.7. The highest BCUT2D eigenvalue weighted by atomic mass is 16.5. The van der Waals surface area contributed by atoms with Crippen LogP contribution < -0.4 is 10.2 Å². The minimum absolute atomic E-state index is 0.267. The van der Waals surface area contributed by atoms with E-state index in [0.29, 0.717) is 5.92 Å². The van der Waals surface area contributed by atoms with E-state index < -0.39 is 0 Å². The normalized spacial score (nSPS) is 27.7. The molecule has 0 amide bonds. The van der Waals surface area contributed by atoms with E-state index in [1.54, 1.807) is 0 Å². The van der Waals surface area contributed by atoms with Crippen molar-refractivity contribution in [3.05, 3.63) is 54.4 Å². The lowest BCUT2D eigenvalue weighted by molar-refractivity contribution is 0.0956. The molecule has 3 heteroatoms. The molecular formula is C18H24N2O. The van der Waals surface area contributed by atoms with Gasteiger partial charge in [0.2, 0.25) is 0 Å². The fourth-order valence-corrected chi connectivity index (χ4v) is 3.28. The highest BCUT2D eigenvalue weighted by molar-refractivity contribution is 5.58. The molecule has 1 N–H and O–H groups in total. The molecule has 0 spiro atoms. The number of para-hydroxylation sites is 1. The van der Waals surface area contributed by atoms with Crippen molar-refractivity contribution in [2.45, 2.75) is 25.9 Å². The lowest BCUT2D eigenvalue weighted by Gasteiger charge is -2.26. The third-order valence-corrected chi connectivity index (χ3v) is 4.43. The molecule has 21 heavy (non-hydrogen) atoms. The lowest BCUT2D eigenvalue weighted by Crippen LogP contribution is -2.38. The molecule has 1 aromatic rings. The summed E-state index contributed by atoms with van der Waals surface area (Å²) in [6.07, 6.45) is 6.55. The van der Waals surface area contributed by atoms with Crippen molar-refractivity contribution < 1.29 is 4.74 Å². The molecule has 0 aliphatic carbocycles. The van der Waals surface area contributed by atoms with Crippen LogP contribution in [-0.4, -0.2) is 25.7 Å². The summed E-state index contributed by atoms with van der Waals surface area (Å²) in [6.45, 7) is 9.10. The van der Waals surface area contributed by atoms with Crippen LogP contribution >= 0.6 is 0 Å². The molecule has 2 atom stereocenters. The largest absolute Gasteiger partial charge is 0.473 e. The van der Waals surface area contributed by atoms with E-state index in [1.165, 1.54) is 24.1 Å². The first-order valence-electron chi connectivity index (χ1n) is 7.83. The standard InChI is InChI=1S/C18H24N2O/c1-3-7-18-20(16-10-5-4-8-14(16)2)13-17(21-18)15-9-6-11-19-12-15/h3-5,7-8,10,15,17,19H,1,6,9,11-13H2,2H3. The number of hydrogen-bond donors (Lipinski definition) is 1. The molecule has 1 aromatic carbocycles. The minimum Gasteiger partial charge on any atom is -0.473 e. The van der Waals surface area contributed by atoms with Crippen LogP contribution in [0.1, 0.15) is 18.4 Å². The third kappa shape index (κ3) is 2.98. The van der Waals surface area contributed by atoms with Gasteiger partial charge >= 0.3 is 0 Å². The Morgan fingerprint density at radius 1 is 1.38 bits per heavy atom. The average Bonchev–Trinajstić information content (AvgIpc) is 2.93. The number of ether oxygens (including phenoxy) is 1. The van der Waals surface area contributed by atoms with Crippen LogP contribution in [0.25, 0.3) is 0 Å². The van der Waals surface area contributed by atoms with Gasteiger partial charge in [0.15, 0.2) is 5.88 Å². The average molecular weight is 284 g/mol. The maximum Gasteiger partial charge on any atom is 0.194 e. The van der Waals surface area contributed by atoms with Crippen LogP contribution in [-0.2, 0) is 4.74 Å². The van der Waals surface area contributed by atoms with Gasteiger partial charge in [-0.15, -0.1) is 0 Å². The minimum atomic E-state index is 0.267. The van der Waals surface area contributed by atoms with Crippen molar-refractivity contribution >= 4 is 5.69 Å². The quantitative estimate of drug-likeness (QED) is 0.922. The second kappa shape index (κ2) is 6.35. The van der Waals surface area contributed by atoms with Gasteiger partial charge < -0.3 is 15.0 Å². The van der Waals surface area contributed by atoms with Gasteiger partial charge in [0.25, 0.3) is 0 Å². The van der Waals surface area contributed by atoms with E-state index in [0.717, 1.165) is 25.5 Å². The topological polar surface area (TPSA) is 24.5 Å². The van der Waals surface area contributed by atoms with E-state index in [1.807, 2.05) is 12.2 Å². The summed E-state index contributed by atoms with van der Waals surface area (Å²) in [6, 6.07) is 8.48. The smallest absolute Gasteiger partial charge is 0.194 e. The molecule has 2 aliphatic heterocycles. The van der Waals surface area contributed by atoms with Crippen LogP contribution in [0.2, 0.25) is 0 Å². The number of aryl methyl sites for hydroxylation is 1. The maximum atomic E-state index is 6.24. The number of nitrogens with one attached hydrogen (secondary N) is 1. The zero-order valence-corrected chi connectivity index (χ0v) is 12.7. The van der Waals surface area contributed by atoms with Crippen LogP contribution in [0.4, 0.5) is 5.69 Å². The molecular weight excluding hydrogens is 260 g/mol. The molecule has 0 radical (unpaired) electrons. The Morgan fingerprint density at radius 3 is 2.95 bits per heavy atom. The van der Waals surface area contributed by atoms with Crippen LogP contribution in [0, 0.1) is 12.8 Å². The summed E-state index contributed by atoms with van der Waals surface area (Å²) in [7, 11) is 0. The summed E-state index contributed by atoms with van der Waals surface area (Å²) in [4.78, 5) is 2.29. The van der Waals surface area contributed by atoms with Gasteiger partial charge in [0.1, 0.15) is 6.10 Å². The molecule has 0 saturated carbocycles. The van der Waals surface area contributed by atoms with Crippen molar-refractivity contribution in [3.8, 4) is 0 Å². The molecule has 2 aliphatic rings. The first-order valence-corrected chi connectivity index (χ1v) is 7.83. The third-order valence-electron chi connectivity index (χ3n) is 4.43. The number of allylic oxidation sites excluding steroid dienone is 2. The predicted molar refractivity (Wildman–Crippen MR) is 87.3 cm³/mol. The predicted octanol–water partition coefficient (Wildman–Crippen LogP) is 3.23. The molecule has 112 valence electrons. The second-order valence-electron chi connectivity index (χ2n) is 5.90. The number of rotatable bonds is 3. The fourth-order valence-electron chi connectivity index (χ4n) is 3.28. The number of hydrogen-bond acceptors (Lipinski definition) is 3. The van der Waals surface area contributed by atoms with Gasteiger partial charge in [0.05, 0.1) is 6.54 Å². The Morgan fingerprint density at radius 2 is 2.24 bits per heavy atom. The summed E-state index contributed by atoms with van der Waals surface area (Å²) in [5, 5.41) is 3.49. The molecule has 0 aromatic heterocycles. The highest BCUT2D eigenvalue weighted by Crippen LogP contribution is 2.33. The second-order valence-corrected chi connectivity index (χ2v) is 5.90. The van der Waals surface area contributed by atoms with Crippen LogP contribution in [0.3, 0.4) is 0 Å². The Labute approximate surface area is 127 Å². The van der Waals surface area contributed by atoms with Crippen molar-refractivity contribution in [3.63, 3.8) is 0 Å². The van der Waals surface area contributed by atoms with E-state index in [4.69, 9.17) is 4.74 Å². The Hall–Kier alpha value is -1.74. The Kier molecular flexibility index (Phi) is 4.30. The first-order chi connectivity index (χ1) is 10.3. The van der Waals surface area contributed by atoms with Gasteiger partial charge in [-0.2, -0.15) is 0 Å². The summed E-state index contributed by atoms with van der Waals surface area (Å²) >= 11 is 0. The Balaban J connectivity index is 1.83.